The second kappa shape index (κ2) is 3.38. The average molecular weight is 212 g/mol. The van der Waals surface area contributed by atoms with Gasteiger partial charge < -0.3 is 0 Å². The molecule has 2 aromatic rings. The molecule has 0 atom stereocenters. The van der Waals surface area contributed by atoms with E-state index in [1.807, 2.05) is 5.38 Å². The van der Waals surface area contributed by atoms with Crippen LogP contribution in [0.5, 0.6) is 0 Å². The van der Waals surface area contributed by atoms with Crippen LogP contribution in [0.4, 0.5) is 0 Å². The van der Waals surface area contributed by atoms with Crippen LogP contribution in [0, 0.1) is 3.82 Å². The van der Waals surface area contributed by atoms with E-state index in [2.05, 4.69) is 9.97 Å². The second-order valence-electron chi connectivity index (χ2n) is 2.09. The van der Waals surface area contributed by atoms with Crippen molar-refractivity contribution in [2.24, 2.45) is 0 Å². The first-order valence-corrected chi connectivity index (χ1v) is 5.84. The number of hydrogen-bond acceptors (Lipinski definition) is 5. The first-order chi connectivity index (χ1) is 5.88. The monoisotopic (exact) mass is 212 g/mol. The molecule has 0 saturated heterocycles. The molecule has 0 aliphatic heterocycles. The van der Waals surface area contributed by atoms with E-state index in [-0.39, 0.29) is 0 Å². The van der Waals surface area contributed by atoms with E-state index in [0.717, 1.165) is 15.1 Å². The van der Waals surface area contributed by atoms with Crippen LogP contribution in [0.3, 0.4) is 0 Å². The summed E-state index contributed by atoms with van der Waals surface area (Å²) in [6, 6.07) is 0. The Bertz CT molecular complexity index is 417. The van der Waals surface area contributed by atoms with Gasteiger partial charge in [0, 0.05) is 23.3 Å². The lowest BCUT2D eigenvalue weighted by atomic mass is 10.3. The first-order valence-electron chi connectivity index (χ1n) is 3.22. The molecule has 2 rings (SSSR count). The van der Waals surface area contributed by atoms with Crippen LogP contribution < -0.4 is 0 Å². The predicted molar refractivity (Wildman–Crippen MR) is 54.1 cm³/mol. The van der Waals surface area contributed by atoms with Crippen molar-refractivity contribution in [3.63, 3.8) is 0 Å². The summed E-state index contributed by atoms with van der Waals surface area (Å²) >= 11 is 5.13. The molecular weight excluding hydrogens is 208 g/mol. The molecule has 0 saturated carbocycles. The molecule has 12 heavy (non-hydrogen) atoms. The van der Waals surface area contributed by atoms with E-state index < -0.39 is 0 Å². The Hall–Kier alpha value is -0.650. The molecule has 0 amide bonds. The fraction of sp³-hybridized carbons (Fsp3) is 0. The van der Waals surface area contributed by atoms with Gasteiger partial charge in [-0.3, -0.25) is 9.97 Å². The van der Waals surface area contributed by atoms with Crippen molar-refractivity contribution in [2.75, 3.05) is 0 Å². The quantitative estimate of drug-likeness (QED) is 0.537. The zero-order chi connectivity index (χ0) is 8.39. The van der Waals surface area contributed by atoms with Gasteiger partial charge in [0.2, 0.25) is 0 Å². The van der Waals surface area contributed by atoms with Crippen molar-refractivity contribution in [3.8, 4) is 11.3 Å². The molecule has 0 aliphatic rings. The van der Waals surface area contributed by atoms with Gasteiger partial charge in [0.25, 0.3) is 0 Å². The molecule has 2 heterocycles. The van der Waals surface area contributed by atoms with Gasteiger partial charge in [-0.1, -0.05) is 32.9 Å². The second-order valence-corrected chi connectivity index (χ2v) is 4.84. The third kappa shape index (κ3) is 1.43. The van der Waals surface area contributed by atoms with Crippen LogP contribution in [-0.4, -0.2) is 9.97 Å². The fourth-order valence-electron chi connectivity index (χ4n) is 0.812. The highest BCUT2D eigenvalue weighted by molar-refractivity contribution is 7.79. The molecule has 0 unspecified atom stereocenters. The van der Waals surface area contributed by atoms with Crippen molar-refractivity contribution in [3.05, 3.63) is 27.8 Å². The van der Waals surface area contributed by atoms with Crippen LogP contribution in [-0.2, 0) is 0 Å². The minimum atomic E-state index is 0.861. The topological polar surface area (TPSA) is 25.8 Å². The molecule has 2 aromatic heterocycles. The molecule has 0 aliphatic carbocycles. The highest BCUT2D eigenvalue weighted by Crippen LogP contribution is 2.25. The number of aromatic nitrogens is 2. The van der Waals surface area contributed by atoms with Gasteiger partial charge >= 0.3 is 0 Å². The Labute approximate surface area is 82.0 Å². The van der Waals surface area contributed by atoms with E-state index >= 15 is 0 Å². The number of rotatable bonds is 1. The van der Waals surface area contributed by atoms with Gasteiger partial charge in [-0.05, 0) is 0 Å². The number of nitrogens with zero attached hydrogens (tertiary/aromatic N) is 2. The van der Waals surface area contributed by atoms with E-state index in [9.17, 15) is 0 Å². The summed E-state index contributed by atoms with van der Waals surface area (Å²) in [5, 5.41) is 2.01. The minimum absolute atomic E-state index is 0.861. The van der Waals surface area contributed by atoms with Crippen molar-refractivity contribution in [1.29, 1.82) is 0 Å². The molecule has 5 heteroatoms. The third-order valence-electron chi connectivity index (χ3n) is 1.35. The highest BCUT2D eigenvalue weighted by Gasteiger charge is 2.01. The van der Waals surface area contributed by atoms with Gasteiger partial charge in [0.1, 0.15) is 3.82 Å². The summed E-state index contributed by atoms with van der Waals surface area (Å²) in [6.07, 6.45) is 5.05. The minimum Gasteiger partial charge on any atom is -0.261 e. The standard InChI is InChI=1S/C7H4N2S3/c10-7-5(4-11-12-7)6-3-8-1-2-9-6/h1-4H. The van der Waals surface area contributed by atoms with Crippen molar-refractivity contribution < 1.29 is 0 Å². The Balaban J connectivity index is 2.59. The van der Waals surface area contributed by atoms with Crippen LogP contribution in [0.2, 0.25) is 0 Å². The Morgan fingerprint density at radius 1 is 1.33 bits per heavy atom. The van der Waals surface area contributed by atoms with E-state index in [1.165, 1.54) is 0 Å². The molecular formula is C7H4N2S3. The fourth-order valence-corrected chi connectivity index (χ4v) is 3.17. The van der Waals surface area contributed by atoms with Gasteiger partial charge in [-0.2, -0.15) is 0 Å². The van der Waals surface area contributed by atoms with E-state index in [0.29, 0.717) is 0 Å². The Morgan fingerprint density at radius 3 is 2.83 bits per heavy atom. The van der Waals surface area contributed by atoms with Crippen LogP contribution >= 0.6 is 32.9 Å². The SMILES string of the molecule is S=c1sscc1-c1cnccn1. The molecule has 60 valence electrons. The molecule has 0 N–H and O–H groups in total. The Morgan fingerprint density at radius 2 is 2.25 bits per heavy atom. The Kier molecular flexibility index (Phi) is 2.25. The maximum absolute atomic E-state index is 5.13. The normalized spacial score (nSPS) is 10.0. The average Bonchev–Trinajstić information content (AvgIpc) is 2.53. The van der Waals surface area contributed by atoms with Crippen molar-refractivity contribution in [2.45, 2.75) is 0 Å². The predicted octanol–water partition coefficient (Wildman–Crippen LogP) is 3.00. The van der Waals surface area contributed by atoms with Crippen LogP contribution in [0.15, 0.2) is 24.0 Å². The molecule has 0 aromatic carbocycles. The molecule has 0 bridgehead atoms. The lowest BCUT2D eigenvalue weighted by Crippen LogP contribution is -1.80. The molecule has 0 fully saturated rings. The molecule has 2 nitrogen and oxygen atoms in total. The summed E-state index contributed by atoms with van der Waals surface area (Å²) in [4.78, 5) is 8.15. The lowest BCUT2D eigenvalue weighted by molar-refractivity contribution is 1.21. The summed E-state index contributed by atoms with van der Waals surface area (Å²) in [7, 11) is 3.22. The number of hydrogen-bond donors (Lipinski definition) is 0. The third-order valence-corrected chi connectivity index (χ3v) is 4.01. The van der Waals surface area contributed by atoms with Gasteiger partial charge in [-0.15, -0.1) is 0 Å². The lowest BCUT2D eigenvalue weighted by Gasteiger charge is -1.91. The zero-order valence-electron chi connectivity index (χ0n) is 5.93. The smallest absolute Gasteiger partial charge is 0.111 e. The van der Waals surface area contributed by atoms with Crippen molar-refractivity contribution in [1.82, 2.24) is 9.97 Å². The van der Waals surface area contributed by atoms with E-state index in [1.54, 1.807) is 39.3 Å². The summed E-state index contributed by atoms with van der Waals surface area (Å²) in [5.74, 6) is 0. The van der Waals surface area contributed by atoms with Gasteiger partial charge in [0.05, 0.1) is 11.9 Å². The zero-order valence-corrected chi connectivity index (χ0v) is 8.38. The summed E-state index contributed by atoms with van der Waals surface area (Å²) in [6.45, 7) is 0. The summed E-state index contributed by atoms with van der Waals surface area (Å²) in [5.41, 5.74) is 1.88. The molecule has 0 radical (unpaired) electrons. The van der Waals surface area contributed by atoms with Gasteiger partial charge in [0.15, 0.2) is 0 Å². The maximum Gasteiger partial charge on any atom is 0.111 e. The van der Waals surface area contributed by atoms with Crippen molar-refractivity contribution >= 4 is 32.9 Å². The van der Waals surface area contributed by atoms with Crippen LogP contribution in [0.1, 0.15) is 0 Å². The highest BCUT2D eigenvalue weighted by atomic mass is 32.9. The van der Waals surface area contributed by atoms with Gasteiger partial charge in [-0.25, -0.2) is 0 Å². The van der Waals surface area contributed by atoms with E-state index in [4.69, 9.17) is 12.2 Å². The largest absolute Gasteiger partial charge is 0.261 e. The van der Waals surface area contributed by atoms with Crippen LogP contribution in [0.25, 0.3) is 11.3 Å². The maximum atomic E-state index is 5.13. The molecule has 0 spiro atoms. The first kappa shape index (κ1) is 7.97. The summed E-state index contributed by atoms with van der Waals surface area (Å²) < 4.78 is 0.889.